The lowest BCUT2D eigenvalue weighted by atomic mass is 9.96. The van der Waals surface area contributed by atoms with Crippen molar-refractivity contribution >= 4 is 29.7 Å². The molecule has 7 N–H and O–H groups in total. The summed E-state index contributed by atoms with van der Waals surface area (Å²) >= 11 is 0. The number of aliphatic carboxylic acids is 1. The molecule has 41 heavy (non-hydrogen) atoms. The lowest BCUT2D eigenvalue weighted by Gasteiger charge is -2.28. The number of hydrogen-bond acceptors (Lipinski definition) is 6. The molecule has 0 radical (unpaired) electrons. The van der Waals surface area contributed by atoms with Gasteiger partial charge < -0.3 is 36.8 Å². The molecule has 0 saturated carbocycles. The molecule has 12 heteroatoms. The molecule has 1 saturated heterocycles. The number of carboxylic acid groups (broad SMARTS) is 1. The molecule has 5 amide bonds. The first kappa shape index (κ1) is 33.4. The van der Waals surface area contributed by atoms with E-state index in [0.29, 0.717) is 45.1 Å². The number of carbonyl (C=O) groups excluding carboxylic acids is 4. The monoisotopic (exact) mass is 575 g/mol. The number of aromatic hydroxyl groups is 1. The van der Waals surface area contributed by atoms with Gasteiger partial charge in [-0.05, 0) is 61.6 Å². The van der Waals surface area contributed by atoms with Crippen LogP contribution in [0.4, 0.5) is 4.79 Å². The van der Waals surface area contributed by atoms with E-state index in [9.17, 15) is 34.2 Å². The van der Waals surface area contributed by atoms with Crippen LogP contribution in [0.5, 0.6) is 5.75 Å². The Morgan fingerprint density at radius 1 is 0.976 bits per heavy atom. The highest BCUT2D eigenvalue weighted by molar-refractivity contribution is 5.94. The van der Waals surface area contributed by atoms with E-state index in [0.717, 1.165) is 5.56 Å². The average Bonchev–Trinajstić information content (AvgIpc) is 2.95. The highest BCUT2D eigenvalue weighted by Crippen LogP contribution is 2.15. The van der Waals surface area contributed by atoms with Crippen molar-refractivity contribution in [3.63, 3.8) is 0 Å². The summed E-state index contributed by atoms with van der Waals surface area (Å²) < 4.78 is 0. The van der Waals surface area contributed by atoms with Crippen molar-refractivity contribution in [2.24, 2.45) is 11.8 Å². The van der Waals surface area contributed by atoms with Crippen molar-refractivity contribution in [3.8, 4) is 5.75 Å². The summed E-state index contributed by atoms with van der Waals surface area (Å²) in [6, 6.07) is 1.91. The Morgan fingerprint density at radius 3 is 2.27 bits per heavy atom. The number of aryl methyl sites for hydroxylation is 1. The Kier molecular flexibility index (Phi) is 13.4. The molecule has 1 aromatic carbocycles. The molecule has 0 spiro atoms. The Labute approximate surface area is 241 Å². The van der Waals surface area contributed by atoms with Crippen molar-refractivity contribution in [1.82, 2.24) is 26.6 Å². The second-order valence-corrected chi connectivity index (χ2v) is 10.8. The molecule has 0 bridgehead atoms. The van der Waals surface area contributed by atoms with Gasteiger partial charge in [0.2, 0.25) is 17.7 Å². The largest absolute Gasteiger partial charge is 0.508 e. The molecule has 0 aliphatic carbocycles. The van der Waals surface area contributed by atoms with E-state index in [1.54, 1.807) is 31.2 Å². The Hall–Kier alpha value is -3.83. The summed E-state index contributed by atoms with van der Waals surface area (Å²) in [5, 5.41) is 32.5. The molecule has 1 aliphatic heterocycles. The standard InChI is InChI=1S/C29H45N5O7/c1-5-17(3)23-27(38)31-22(15-12-19-10-13-20(35)14-11-19)25(36)30-16-8-7-9-21(26(37)33-23)32-29(41)34-24(28(39)40)18(4)6-2/h10-11,13-14,17-18,21-24,35H,5-9,12,15-16H2,1-4H3,(H,30,36)(H,31,38)(H,33,37)(H,39,40)(H2,32,34,41)/t17-,18-,21?,22+,23?,24+/m1/s1. The van der Waals surface area contributed by atoms with Crippen LogP contribution in [0.25, 0.3) is 0 Å². The van der Waals surface area contributed by atoms with Crippen LogP contribution >= 0.6 is 0 Å². The predicted octanol–water partition coefficient (Wildman–Crippen LogP) is 1.81. The van der Waals surface area contributed by atoms with Crippen LogP contribution < -0.4 is 26.6 Å². The van der Waals surface area contributed by atoms with E-state index >= 15 is 0 Å². The molecular formula is C29H45N5O7. The van der Waals surface area contributed by atoms with Crippen LogP contribution in [-0.2, 0) is 25.6 Å². The molecular weight excluding hydrogens is 530 g/mol. The minimum absolute atomic E-state index is 0.136. The van der Waals surface area contributed by atoms with Crippen LogP contribution in [0.15, 0.2) is 24.3 Å². The summed E-state index contributed by atoms with van der Waals surface area (Å²) in [7, 11) is 0. The van der Waals surface area contributed by atoms with Crippen LogP contribution in [0.3, 0.4) is 0 Å². The molecule has 1 fully saturated rings. The van der Waals surface area contributed by atoms with Crippen molar-refractivity contribution < 1.29 is 34.2 Å². The van der Waals surface area contributed by atoms with Gasteiger partial charge in [-0.3, -0.25) is 14.4 Å². The second-order valence-electron chi connectivity index (χ2n) is 10.8. The topological polar surface area (TPSA) is 186 Å². The molecule has 12 nitrogen and oxygen atoms in total. The second kappa shape index (κ2) is 16.4. The summed E-state index contributed by atoms with van der Waals surface area (Å²) in [6.45, 7) is 7.54. The molecule has 228 valence electrons. The van der Waals surface area contributed by atoms with Crippen LogP contribution in [0.2, 0.25) is 0 Å². The first-order valence-corrected chi connectivity index (χ1v) is 14.4. The van der Waals surface area contributed by atoms with E-state index < -0.39 is 48.0 Å². The number of nitrogens with one attached hydrogen (secondary N) is 5. The third-order valence-corrected chi connectivity index (χ3v) is 7.69. The van der Waals surface area contributed by atoms with Crippen molar-refractivity contribution in [1.29, 1.82) is 0 Å². The molecule has 2 unspecified atom stereocenters. The van der Waals surface area contributed by atoms with Gasteiger partial charge in [0, 0.05) is 6.54 Å². The Bertz CT molecular complexity index is 1050. The maximum atomic E-state index is 13.4. The minimum Gasteiger partial charge on any atom is -0.508 e. The number of phenolic OH excluding ortho intramolecular Hbond substituents is 1. The van der Waals surface area contributed by atoms with Gasteiger partial charge in [-0.25, -0.2) is 9.59 Å². The first-order chi connectivity index (χ1) is 19.5. The zero-order chi connectivity index (χ0) is 30.5. The third-order valence-electron chi connectivity index (χ3n) is 7.69. The molecule has 0 aromatic heterocycles. The normalized spacial score (nSPS) is 22.7. The van der Waals surface area contributed by atoms with E-state index in [4.69, 9.17) is 0 Å². The zero-order valence-corrected chi connectivity index (χ0v) is 24.4. The van der Waals surface area contributed by atoms with Gasteiger partial charge >= 0.3 is 12.0 Å². The highest BCUT2D eigenvalue weighted by atomic mass is 16.4. The Balaban J connectivity index is 2.21. The Morgan fingerprint density at radius 2 is 1.66 bits per heavy atom. The van der Waals surface area contributed by atoms with Gasteiger partial charge in [0.15, 0.2) is 0 Å². The van der Waals surface area contributed by atoms with Gasteiger partial charge in [0.05, 0.1) is 0 Å². The predicted molar refractivity (Wildman–Crippen MR) is 153 cm³/mol. The molecule has 2 rings (SSSR count). The van der Waals surface area contributed by atoms with Gasteiger partial charge in [0.25, 0.3) is 0 Å². The number of hydrogen-bond donors (Lipinski definition) is 7. The van der Waals surface area contributed by atoms with E-state index in [-0.39, 0.29) is 29.9 Å². The molecule has 6 atom stereocenters. The van der Waals surface area contributed by atoms with Gasteiger partial charge in [0.1, 0.15) is 29.9 Å². The van der Waals surface area contributed by atoms with Gasteiger partial charge in [-0.1, -0.05) is 52.7 Å². The maximum absolute atomic E-state index is 13.4. The summed E-state index contributed by atoms with van der Waals surface area (Å²) in [5.74, 6) is -3.03. The smallest absolute Gasteiger partial charge is 0.326 e. The van der Waals surface area contributed by atoms with Crippen LogP contribution in [-0.4, -0.2) is 70.6 Å². The molecule has 1 heterocycles. The van der Waals surface area contributed by atoms with Crippen LogP contribution in [0.1, 0.15) is 71.8 Å². The van der Waals surface area contributed by atoms with E-state index in [2.05, 4.69) is 26.6 Å². The van der Waals surface area contributed by atoms with Crippen molar-refractivity contribution in [2.75, 3.05) is 6.54 Å². The summed E-state index contributed by atoms with van der Waals surface area (Å²) in [5.41, 5.74) is 0.894. The third kappa shape index (κ3) is 10.6. The SMILES string of the molecule is CC[C@@H](C)C1NC(=O)C(NC(=O)N[C@H](C(=O)O)[C@H](C)CC)CCCCNC(=O)[C@H](CCc2ccc(O)cc2)NC1=O. The fourth-order valence-electron chi connectivity index (χ4n) is 4.56. The number of benzene rings is 1. The van der Waals surface area contributed by atoms with Gasteiger partial charge in [-0.2, -0.15) is 0 Å². The first-order valence-electron chi connectivity index (χ1n) is 14.4. The fraction of sp³-hybridized carbons (Fsp3) is 0.621. The van der Waals surface area contributed by atoms with Crippen molar-refractivity contribution in [2.45, 2.75) is 96.8 Å². The number of phenols is 1. The number of urea groups is 1. The lowest BCUT2D eigenvalue weighted by molar-refractivity contribution is -0.140. The van der Waals surface area contributed by atoms with Gasteiger partial charge in [-0.15, -0.1) is 0 Å². The van der Waals surface area contributed by atoms with Crippen LogP contribution in [0, 0.1) is 11.8 Å². The highest BCUT2D eigenvalue weighted by Gasteiger charge is 2.33. The zero-order valence-electron chi connectivity index (χ0n) is 24.4. The maximum Gasteiger partial charge on any atom is 0.326 e. The summed E-state index contributed by atoms with van der Waals surface area (Å²) in [6.07, 6.45) is 3.14. The molecule has 1 aromatic rings. The van der Waals surface area contributed by atoms with E-state index in [1.165, 1.54) is 0 Å². The van der Waals surface area contributed by atoms with E-state index in [1.807, 2.05) is 20.8 Å². The minimum atomic E-state index is -1.17. The lowest BCUT2D eigenvalue weighted by Crippen LogP contribution is -2.59. The fourth-order valence-corrected chi connectivity index (χ4v) is 4.56. The number of amides is 5. The number of rotatable bonds is 10. The number of carbonyl (C=O) groups is 5. The average molecular weight is 576 g/mol. The molecule has 1 aliphatic rings. The summed E-state index contributed by atoms with van der Waals surface area (Å²) in [4.78, 5) is 64.2. The quantitative estimate of drug-likeness (QED) is 0.222. The number of carboxylic acids is 1. The van der Waals surface area contributed by atoms with Crippen molar-refractivity contribution in [3.05, 3.63) is 29.8 Å².